The number of carbonyl (C=O) groups excluding carboxylic acids is 1. The first-order chi connectivity index (χ1) is 16.8. The minimum absolute atomic E-state index is 0.250. The van der Waals surface area contributed by atoms with Crippen LogP contribution < -0.4 is 5.32 Å². The molecule has 4 aromatic rings. The van der Waals surface area contributed by atoms with Gasteiger partial charge in [0.25, 0.3) is 0 Å². The average Bonchev–Trinajstić information content (AvgIpc) is 3.26. The summed E-state index contributed by atoms with van der Waals surface area (Å²) in [4.78, 5) is 12.9. The second kappa shape index (κ2) is 10.5. The third kappa shape index (κ3) is 6.33. The van der Waals surface area contributed by atoms with Gasteiger partial charge in [-0.15, -0.1) is 0 Å². The molecule has 0 aliphatic carbocycles. The Hall–Kier alpha value is -3.97. The zero-order valence-electron chi connectivity index (χ0n) is 19.6. The van der Waals surface area contributed by atoms with Crippen molar-refractivity contribution >= 4 is 21.8 Å². The number of sulfone groups is 1. The van der Waals surface area contributed by atoms with E-state index in [1.807, 2.05) is 66.3 Å². The fraction of sp³-hybridized carbons (Fsp3) is 0.143. The fourth-order valence-corrected chi connectivity index (χ4v) is 4.38. The van der Waals surface area contributed by atoms with E-state index in [4.69, 9.17) is 5.10 Å². The molecule has 0 aliphatic heterocycles. The predicted molar refractivity (Wildman–Crippen MR) is 138 cm³/mol. The number of amides is 1. The van der Waals surface area contributed by atoms with Crippen LogP contribution in [0.25, 0.3) is 17.3 Å². The monoisotopic (exact) mass is 485 g/mol. The number of nitrogens with one attached hydrogen (secondary N) is 1. The van der Waals surface area contributed by atoms with E-state index < -0.39 is 9.84 Å². The topological polar surface area (TPSA) is 81.1 Å². The van der Waals surface area contributed by atoms with Gasteiger partial charge in [0.15, 0.2) is 9.84 Å². The van der Waals surface area contributed by atoms with E-state index in [0.717, 1.165) is 27.9 Å². The maximum absolute atomic E-state index is 12.7. The molecule has 178 valence electrons. The molecule has 3 aromatic carbocycles. The van der Waals surface area contributed by atoms with Gasteiger partial charge < -0.3 is 5.32 Å². The summed E-state index contributed by atoms with van der Waals surface area (Å²) in [5, 5.41) is 7.70. The van der Waals surface area contributed by atoms with E-state index >= 15 is 0 Å². The minimum atomic E-state index is -3.26. The van der Waals surface area contributed by atoms with Crippen molar-refractivity contribution in [3.63, 3.8) is 0 Å². The lowest BCUT2D eigenvalue weighted by atomic mass is 10.1. The number of hydrogen-bond acceptors (Lipinski definition) is 4. The van der Waals surface area contributed by atoms with Gasteiger partial charge in [0.2, 0.25) is 5.91 Å². The zero-order valence-corrected chi connectivity index (χ0v) is 20.4. The van der Waals surface area contributed by atoms with Crippen LogP contribution in [0.3, 0.4) is 0 Å². The van der Waals surface area contributed by atoms with Crippen molar-refractivity contribution in [2.24, 2.45) is 0 Å². The molecule has 0 saturated carbocycles. The van der Waals surface area contributed by atoms with Crippen molar-refractivity contribution in [3.05, 3.63) is 114 Å². The van der Waals surface area contributed by atoms with Gasteiger partial charge >= 0.3 is 0 Å². The van der Waals surface area contributed by atoms with Crippen LogP contribution in [0.15, 0.2) is 102 Å². The van der Waals surface area contributed by atoms with Crippen LogP contribution in [0.2, 0.25) is 0 Å². The van der Waals surface area contributed by atoms with Crippen molar-refractivity contribution in [1.29, 1.82) is 0 Å². The quantitative estimate of drug-likeness (QED) is 0.360. The van der Waals surface area contributed by atoms with Gasteiger partial charge in [-0.25, -0.2) is 8.42 Å². The Labute approximate surface area is 205 Å². The van der Waals surface area contributed by atoms with Crippen LogP contribution in [-0.2, 0) is 21.2 Å². The molecule has 1 unspecified atom stereocenters. The molecule has 7 heteroatoms. The highest BCUT2D eigenvalue weighted by atomic mass is 32.2. The molecule has 1 N–H and O–H groups in total. The van der Waals surface area contributed by atoms with Crippen LogP contribution in [0, 0.1) is 0 Å². The molecule has 6 nitrogen and oxygen atoms in total. The third-order valence-corrected chi connectivity index (χ3v) is 6.73. The summed E-state index contributed by atoms with van der Waals surface area (Å²) >= 11 is 0. The van der Waals surface area contributed by atoms with E-state index in [0.29, 0.717) is 6.54 Å². The molecule has 0 radical (unpaired) electrons. The Morgan fingerprint density at radius 3 is 2.23 bits per heavy atom. The van der Waals surface area contributed by atoms with Crippen molar-refractivity contribution in [2.75, 3.05) is 6.26 Å². The van der Waals surface area contributed by atoms with Gasteiger partial charge in [-0.1, -0.05) is 72.8 Å². The molecule has 35 heavy (non-hydrogen) atoms. The lowest BCUT2D eigenvalue weighted by molar-refractivity contribution is -0.117. The Balaban J connectivity index is 1.51. The molecule has 0 bridgehead atoms. The van der Waals surface area contributed by atoms with Crippen molar-refractivity contribution < 1.29 is 13.2 Å². The molecule has 4 rings (SSSR count). The average molecular weight is 486 g/mol. The van der Waals surface area contributed by atoms with E-state index in [9.17, 15) is 13.2 Å². The molecule has 1 aromatic heterocycles. The molecular weight excluding hydrogens is 458 g/mol. The smallest absolute Gasteiger partial charge is 0.244 e. The minimum Gasteiger partial charge on any atom is -0.346 e. The molecule has 1 heterocycles. The lowest BCUT2D eigenvalue weighted by Gasteiger charge is -2.13. The van der Waals surface area contributed by atoms with Crippen LogP contribution in [0.5, 0.6) is 0 Å². The van der Waals surface area contributed by atoms with Gasteiger partial charge in [-0.3, -0.25) is 9.48 Å². The highest BCUT2D eigenvalue weighted by Crippen LogP contribution is 2.24. The highest BCUT2D eigenvalue weighted by Gasteiger charge is 2.13. The first kappa shape index (κ1) is 24.2. The summed E-state index contributed by atoms with van der Waals surface area (Å²) in [6.07, 6.45) is 6.37. The number of carbonyl (C=O) groups is 1. The summed E-state index contributed by atoms with van der Waals surface area (Å²) in [6.45, 7) is 2.48. The largest absolute Gasteiger partial charge is 0.346 e. The summed E-state index contributed by atoms with van der Waals surface area (Å²) in [5.74, 6) is -0.250. The van der Waals surface area contributed by atoms with E-state index in [1.165, 1.54) is 12.3 Å². The second-order valence-electron chi connectivity index (χ2n) is 8.39. The van der Waals surface area contributed by atoms with Crippen molar-refractivity contribution in [1.82, 2.24) is 15.1 Å². The van der Waals surface area contributed by atoms with Gasteiger partial charge in [-0.2, -0.15) is 5.10 Å². The van der Waals surface area contributed by atoms with Crippen molar-refractivity contribution in [3.8, 4) is 11.3 Å². The predicted octanol–water partition coefficient (Wildman–Crippen LogP) is 4.89. The van der Waals surface area contributed by atoms with Gasteiger partial charge in [-0.05, 0) is 36.3 Å². The maximum atomic E-state index is 12.7. The molecule has 0 saturated heterocycles. The highest BCUT2D eigenvalue weighted by molar-refractivity contribution is 7.90. The molecule has 1 amide bonds. The molecule has 0 aliphatic rings. The summed E-state index contributed by atoms with van der Waals surface area (Å²) in [6, 6.07) is 26.2. The maximum Gasteiger partial charge on any atom is 0.244 e. The van der Waals surface area contributed by atoms with Crippen LogP contribution >= 0.6 is 0 Å². The zero-order chi connectivity index (χ0) is 24.8. The SMILES string of the molecule is CC(NC(=O)/C=C/c1cn(Cc2ccccc2)nc1-c1ccccc1)c1ccc(S(C)(=O)=O)cc1. The number of nitrogens with zero attached hydrogens (tertiary/aromatic N) is 2. The third-order valence-electron chi connectivity index (χ3n) is 5.61. The Morgan fingerprint density at radius 2 is 1.60 bits per heavy atom. The Morgan fingerprint density at radius 1 is 0.971 bits per heavy atom. The van der Waals surface area contributed by atoms with E-state index in [1.54, 1.807) is 30.3 Å². The second-order valence-corrected chi connectivity index (χ2v) is 10.4. The number of hydrogen-bond donors (Lipinski definition) is 1. The summed E-state index contributed by atoms with van der Waals surface area (Å²) in [7, 11) is -3.26. The normalized spacial score (nSPS) is 12.5. The standard InChI is InChI=1S/C28H27N3O3S/c1-21(23-13-16-26(17-14-23)35(2,33)34)29-27(32)18-15-25-20-31(19-22-9-5-3-6-10-22)30-28(25)24-11-7-4-8-12-24/h3-18,20-21H,19H2,1-2H3,(H,29,32)/b18-15+. The first-order valence-electron chi connectivity index (χ1n) is 11.2. The molecule has 0 spiro atoms. The lowest BCUT2D eigenvalue weighted by Crippen LogP contribution is -2.24. The summed E-state index contributed by atoms with van der Waals surface area (Å²) in [5.41, 5.74) is 4.57. The van der Waals surface area contributed by atoms with Gasteiger partial charge in [0, 0.05) is 29.7 Å². The number of rotatable bonds is 8. The fourth-order valence-electron chi connectivity index (χ4n) is 3.74. The van der Waals surface area contributed by atoms with Crippen LogP contribution in [-0.4, -0.2) is 30.4 Å². The number of aromatic nitrogens is 2. The Bertz CT molecular complexity index is 1430. The molecule has 1 atom stereocenters. The van der Waals surface area contributed by atoms with E-state index in [2.05, 4.69) is 17.4 Å². The van der Waals surface area contributed by atoms with Crippen LogP contribution in [0.1, 0.15) is 29.7 Å². The van der Waals surface area contributed by atoms with Gasteiger partial charge in [0.1, 0.15) is 0 Å². The van der Waals surface area contributed by atoms with Crippen LogP contribution in [0.4, 0.5) is 0 Å². The Kier molecular flexibility index (Phi) is 7.27. The summed E-state index contributed by atoms with van der Waals surface area (Å²) < 4.78 is 25.2. The molecule has 0 fully saturated rings. The first-order valence-corrected chi connectivity index (χ1v) is 13.1. The molecular formula is C28H27N3O3S. The number of benzene rings is 3. The van der Waals surface area contributed by atoms with Crippen molar-refractivity contribution in [2.45, 2.75) is 24.4 Å². The van der Waals surface area contributed by atoms with E-state index in [-0.39, 0.29) is 16.8 Å². The van der Waals surface area contributed by atoms with Gasteiger partial charge in [0.05, 0.1) is 23.2 Å².